The smallest absolute Gasteiger partial charge is 0.131 e. The highest BCUT2D eigenvalue weighted by Crippen LogP contribution is 2.14. The standard InChI is InChI=1S/C13H21N3O/c1-9-6-7-10(2)16(9)12(14)8-11(15-5)13(3,4)17/h6-8,14-15,17H,1-5H3/b11-8-,14-12?. The first-order chi connectivity index (χ1) is 7.77. The predicted molar refractivity (Wildman–Crippen MR) is 70.5 cm³/mol. The predicted octanol–water partition coefficient (Wildman–Crippen LogP) is 1.80. The second-order valence-electron chi connectivity index (χ2n) is 4.70. The normalized spacial score (nSPS) is 12.7. The molecule has 1 heterocycles. The number of hydrogen-bond acceptors (Lipinski definition) is 3. The minimum atomic E-state index is -0.976. The molecule has 0 amide bonds. The number of nitrogens with zero attached hydrogens (tertiary/aromatic N) is 1. The van der Waals surface area contributed by atoms with Crippen LogP contribution in [-0.2, 0) is 0 Å². The molecule has 0 fully saturated rings. The van der Waals surface area contributed by atoms with E-state index in [2.05, 4.69) is 5.32 Å². The summed E-state index contributed by atoms with van der Waals surface area (Å²) in [5, 5.41) is 20.9. The Morgan fingerprint density at radius 2 is 1.82 bits per heavy atom. The zero-order valence-electron chi connectivity index (χ0n) is 11.1. The third-order valence-corrected chi connectivity index (χ3v) is 2.72. The zero-order valence-corrected chi connectivity index (χ0v) is 11.1. The van der Waals surface area contributed by atoms with Crippen LogP contribution in [0.3, 0.4) is 0 Å². The highest BCUT2D eigenvalue weighted by atomic mass is 16.3. The molecule has 0 aliphatic carbocycles. The topological polar surface area (TPSA) is 61.0 Å². The van der Waals surface area contributed by atoms with Crippen molar-refractivity contribution >= 4 is 5.84 Å². The molecule has 0 aliphatic heterocycles. The highest BCUT2D eigenvalue weighted by Gasteiger charge is 2.19. The van der Waals surface area contributed by atoms with Crippen molar-refractivity contribution in [2.75, 3.05) is 7.05 Å². The maximum absolute atomic E-state index is 9.93. The number of nitrogens with one attached hydrogen (secondary N) is 2. The van der Waals surface area contributed by atoms with Crippen molar-refractivity contribution < 1.29 is 5.11 Å². The molecule has 0 spiro atoms. The quantitative estimate of drug-likeness (QED) is 0.552. The van der Waals surface area contributed by atoms with E-state index >= 15 is 0 Å². The van der Waals surface area contributed by atoms with E-state index in [1.54, 1.807) is 27.0 Å². The lowest BCUT2D eigenvalue weighted by Crippen LogP contribution is -2.31. The summed E-state index contributed by atoms with van der Waals surface area (Å²) < 4.78 is 1.84. The Balaban J connectivity index is 3.11. The van der Waals surface area contributed by atoms with Crippen LogP contribution in [0.1, 0.15) is 25.2 Å². The molecule has 1 rings (SSSR count). The molecule has 0 atom stereocenters. The minimum Gasteiger partial charge on any atom is -0.389 e. The van der Waals surface area contributed by atoms with Crippen molar-refractivity contribution in [2.24, 2.45) is 0 Å². The van der Waals surface area contributed by atoms with E-state index in [9.17, 15) is 5.11 Å². The fourth-order valence-electron chi connectivity index (χ4n) is 1.80. The number of aryl methyl sites for hydroxylation is 2. The zero-order chi connectivity index (χ0) is 13.2. The van der Waals surface area contributed by atoms with Crippen LogP contribution in [-0.4, -0.2) is 28.2 Å². The third kappa shape index (κ3) is 2.97. The Hall–Kier alpha value is -1.55. The fraction of sp³-hybridized carbons (Fsp3) is 0.462. The van der Waals surface area contributed by atoms with E-state index in [0.717, 1.165) is 11.4 Å². The van der Waals surface area contributed by atoms with Crippen LogP contribution in [0.4, 0.5) is 0 Å². The minimum absolute atomic E-state index is 0.344. The van der Waals surface area contributed by atoms with Crippen LogP contribution in [0.25, 0.3) is 0 Å². The van der Waals surface area contributed by atoms with Gasteiger partial charge in [-0.2, -0.15) is 0 Å². The van der Waals surface area contributed by atoms with Crippen molar-refractivity contribution in [1.82, 2.24) is 9.88 Å². The molecule has 0 aromatic carbocycles. The molecule has 4 nitrogen and oxygen atoms in total. The van der Waals surface area contributed by atoms with E-state index in [1.165, 1.54) is 0 Å². The molecule has 0 radical (unpaired) electrons. The first-order valence-electron chi connectivity index (χ1n) is 5.63. The Morgan fingerprint density at radius 3 is 2.18 bits per heavy atom. The van der Waals surface area contributed by atoms with E-state index in [0.29, 0.717) is 11.5 Å². The molecule has 4 heteroatoms. The first-order valence-corrected chi connectivity index (χ1v) is 5.63. The molecule has 0 bridgehead atoms. The highest BCUT2D eigenvalue weighted by molar-refractivity contribution is 5.94. The number of allylic oxidation sites excluding steroid dienone is 1. The maximum Gasteiger partial charge on any atom is 0.131 e. The monoisotopic (exact) mass is 235 g/mol. The lowest BCUT2D eigenvalue weighted by atomic mass is 10.0. The van der Waals surface area contributed by atoms with Crippen LogP contribution >= 0.6 is 0 Å². The van der Waals surface area contributed by atoms with E-state index in [4.69, 9.17) is 5.41 Å². The van der Waals surface area contributed by atoms with Crippen LogP contribution in [0.2, 0.25) is 0 Å². The molecule has 17 heavy (non-hydrogen) atoms. The van der Waals surface area contributed by atoms with E-state index in [1.807, 2.05) is 30.5 Å². The Kier molecular flexibility index (Phi) is 3.78. The Labute approximate surface area is 102 Å². The lowest BCUT2D eigenvalue weighted by Gasteiger charge is -2.22. The van der Waals surface area contributed by atoms with Crippen molar-refractivity contribution in [3.63, 3.8) is 0 Å². The van der Waals surface area contributed by atoms with Gasteiger partial charge < -0.3 is 15.0 Å². The number of hydrogen-bond donors (Lipinski definition) is 3. The molecular formula is C13H21N3O. The molecule has 1 aromatic heterocycles. The van der Waals surface area contributed by atoms with Gasteiger partial charge in [-0.3, -0.25) is 5.41 Å². The van der Waals surface area contributed by atoms with Crippen molar-refractivity contribution in [3.05, 3.63) is 35.3 Å². The summed E-state index contributed by atoms with van der Waals surface area (Å²) in [5.41, 5.74) is 1.66. The van der Waals surface area contributed by atoms with Crippen molar-refractivity contribution in [3.8, 4) is 0 Å². The van der Waals surface area contributed by atoms with Crippen LogP contribution in [0, 0.1) is 19.3 Å². The SMILES string of the molecule is CN/C(=C\C(=N)n1c(C)ccc1C)C(C)(C)O. The Morgan fingerprint density at radius 1 is 1.35 bits per heavy atom. The summed E-state index contributed by atoms with van der Waals surface area (Å²) >= 11 is 0. The maximum atomic E-state index is 9.93. The van der Waals surface area contributed by atoms with Gasteiger partial charge in [-0.15, -0.1) is 0 Å². The van der Waals surface area contributed by atoms with Gasteiger partial charge in [0.15, 0.2) is 0 Å². The fourth-order valence-corrected chi connectivity index (χ4v) is 1.80. The molecule has 0 saturated heterocycles. The summed E-state index contributed by atoms with van der Waals surface area (Å²) in [6, 6.07) is 3.95. The van der Waals surface area contributed by atoms with Gasteiger partial charge >= 0.3 is 0 Å². The third-order valence-electron chi connectivity index (χ3n) is 2.72. The van der Waals surface area contributed by atoms with Crippen LogP contribution < -0.4 is 5.32 Å². The molecule has 0 saturated carbocycles. The molecule has 1 aromatic rings. The second kappa shape index (κ2) is 4.75. The largest absolute Gasteiger partial charge is 0.389 e. The van der Waals surface area contributed by atoms with Crippen LogP contribution in [0.5, 0.6) is 0 Å². The van der Waals surface area contributed by atoms with Gasteiger partial charge in [0.2, 0.25) is 0 Å². The average Bonchev–Trinajstić information content (AvgIpc) is 2.53. The number of likely N-dealkylation sites (N-methyl/N-ethyl adjacent to an activating group) is 1. The van der Waals surface area contributed by atoms with Crippen molar-refractivity contribution in [2.45, 2.75) is 33.3 Å². The van der Waals surface area contributed by atoms with Gasteiger partial charge in [-0.1, -0.05) is 0 Å². The molecular weight excluding hydrogens is 214 g/mol. The number of rotatable bonds is 3. The number of aromatic nitrogens is 1. The molecule has 3 N–H and O–H groups in total. The summed E-state index contributed by atoms with van der Waals surface area (Å²) in [7, 11) is 1.74. The van der Waals surface area contributed by atoms with E-state index < -0.39 is 5.60 Å². The first kappa shape index (κ1) is 13.5. The van der Waals surface area contributed by atoms with Crippen LogP contribution in [0.15, 0.2) is 23.9 Å². The second-order valence-corrected chi connectivity index (χ2v) is 4.70. The van der Waals surface area contributed by atoms with Gasteiger partial charge in [-0.25, -0.2) is 0 Å². The molecule has 0 unspecified atom stereocenters. The van der Waals surface area contributed by atoms with Gasteiger partial charge in [0.25, 0.3) is 0 Å². The van der Waals surface area contributed by atoms with Gasteiger partial charge in [-0.05, 0) is 39.8 Å². The van der Waals surface area contributed by atoms with Gasteiger partial charge in [0.05, 0.1) is 5.60 Å². The van der Waals surface area contributed by atoms with Gasteiger partial charge in [0, 0.05) is 30.2 Å². The Bertz CT molecular complexity index is 430. The average molecular weight is 235 g/mol. The lowest BCUT2D eigenvalue weighted by molar-refractivity contribution is 0.113. The summed E-state index contributed by atoms with van der Waals surface area (Å²) in [4.78, 5) is 0. The summed E-state index contributed by atoms with van der Waals surface area (Å²) in [6.45, 7) is 7.30. The summed E-state index contributed by atoms with van der Waals surface area (Å²) in [6.07, 6.45) is 1.65. The number of aliphatic hydroxyl groups is 1. The van der Waals surface area contributed by atoms with Crippen molar-refractivity contribution in [1.29, 1.82) is 5.41 Å². The molecule has 0 aliphatic rings. The van der Waals surface area contributed by atoms with Gasteiger partial charge in [0.1, 0.15) is 5.84 Å². The van der Waals surface area contributed by atoms with E-state index in [-0.39, 0.29) is 0 Å². The molecule has 94 valence electrons. The summed E-state index contributed by atoms with van der Waals surface area (Å²) in [5.74, 6) is 0.344.